The number of carbonyl (C=O) groups is 6. The number of Topliss-reactive ketones (excluding diaryl/α,β-unsaturated/α-hetero) is 1. The van der Waals surface area contributed by atoms with Gasteiger partial charge in [0.2, 0.25) is 0 Å². The van der Waals surface area contributed by atoms with Gasteiger partial charge >= 0.3 is 18.0 Å². The van der Waals surface area contributed by atoms with Gasteiger partial charge in [0.1, 0.15) is 0 Å². The van der Waals surface area contributed by atoms with Crippen molar-refractivity contribution in [1.82, 2.24) is 10.2 Å². The lowest BCUT2D eigenvalue weighted by molar-refractivity contribution is -0.158. The standard InChI is InChI=1S/C15H20N2O8/c1-17-13(24)15(8-4-7-11(21)22,12(23)16-14(17)25)9(18)5-2-3-6-10(19)20/h2-8H2,1H3,(H,19,20)(H,21,22)(H,16,23,25). The third kappa shape index (κ3) is 4.61. The lowest BCUT2D eigenvalue weighted by Gasteiger charge is -2.36. The molecule has 3 N–H and O–H groups in total. The van der Waals surface area contributed by atoms with E-state index in [0.717, 1.165) is 7.05 Å². The number of carbonyl (C=O) groups excluding carboxylic acids is 4. The molecule has 0 radical (unpaired) electrons. The van der Waals surface area contributed by atoms with Crippen molar-refractivity contribution in [3.63, 3.8) is 0 Å². The number of barbiturate groups is 1. The Morgan fingerprint density at radius 3 is 2.04 bits per heavy atom. The van der Waals surface area contributed by atoms with Crippen LogP contribution in [0.15, 0.2) is 0 Å². The average molecular weight is 356 g/mol. The van der Waals surface area contributed by atoms with E-state index in [1.54, 1.807) is 0 Å². The van der Waals surface area contributed by atoms with Crippen LogP contribution in [0.1, 0.15) is 44.9 Å². The summed E-state index contributed by atoms with van der Waals surface area (Å²) in [7, 11) is 1.12. The fourth-order valence-electron chi connectivity index (χ4n) is 2.65. The number of nitrogens with zero attached hydrogens (tertiary/aromatic N) is 1. The molecule has 10 heteroatoms. The molecule has 138 valence electrons. The summed E-state index contributed by atoms with van der Waals surface area (Å²) in [6, 6.07) is -0.956. The van der Waals surface area contributed by atoms with E-state index < -0.39 is 41.0 Å². The third-order valence-electron chi connectivity index (χ3n) is 4.05. The van der Waals surface area contributed by atoms with Crippen LogP contribution in [0.4, 0.5) is 4.79 Å². The first kappa shape index (κ1) is 20.3. The first-order valence-corrected chi connectivity index (χ1v) is 7.73. The number of nitrogens with one attached hydrogen (secondary N) is 1. The second-order valence-corrected chi connectivity index (χ2v) is 5.80. The van der Waals surface area contributed by atoms with Gasteiger partial charge < -0.3 is 10.2 Å². The zero-order chi connectivity index (χ0) is 19.2. The van der Waals surface area contributed by atoms with Crippen LogP contribution >= 0.6 is 0 Å². The van der Waals surface area contributed by atoms with E-state index in [0.29, 0.717) is 4.90 Å². The van der Waals surface area contributed by atoms with Crippen molar-refractivity contribution >= 4 is 35.6 Å². The van der Waals surface area contributed by atoms with Crippen molar-refractivity contribution in [2.75, 3.05) is 7.05 Å². The van der Waals surface area contributed by atoms with Gasteiger partial charge in [-0.2, -0.15) is 0 Å². The molecular formula is C15H20N2O8. The highest BCUT2D eigenvalue weighted by Gasteiger charge is 2.57. The van der Waals surface area contributed by atoms with Gasteiger partial charge in [-0.25, -0.2) is 4.79 Å². The van der Waals surface area contributed by atoms with E-state index in [2.05, 4.69) is 0 Å². The van der Waals surface area contributed by atoms with Crippen molar-refractivity contribution in [1.29, 1.82) is 0 Å². The number of ketones is 1. The second kappa shape index (κ2) is 8.36. The average Bonchev–Trinajstić information content (AvgIpc) is 2.52. The number of carboxylic acids is 2. The van der Waals surface area contributed by atoms with Gasteiger partial charge in [0.15, 0.2) is 11.2 Å². The zero-order valence-corrected chi connectivity index (χ0v) is 13.7. The van der Waals surface area contributed by atoms with Crippen LogP contribution in [-0.2, 0) is 24.0 Å². The molecule has 1 aliphatic heterocycles. The number of hydrogen-bond acceptors (Lipinski definition) is 6. The highest BCUT2D eigenvalue weighted by molar-refractivity contribution is 6.30. The lowest BCUT2D eigenvalue weighted by atomic mass is 9.73. The fraction of sp³-hybridized carbons (Fsp3) is 0.600. The lowest BCUT2D eigenvalue weighted by Crippen LogP contribution is -2.65. The van der Waals surface area contributed by atoms with Crippen molar-refractivity contribution < 1.29 is 39.0 Å². The van der Waals surface area contributed by atoms with Gasteiger partial charge in [0, 0.05) is 26.3 Å². The largest absolute Gasteiger partial charge is 0.481 e. The minimum absolute atomic E-state index is 0.0998. The summed E-state index contributed by atoms with van der Waals surface area (Å²) >= 11 is 0. The van der Waals surface area contributed by atoms with Crippen LogP contribution < -0.4 is 5.32 Å². The highest BCUT2D eigenvalue weighted by Crippen LogP contribution is 2.33. The van der Waals surface area contributed by atoms with E-state index in [1.807, 2.05) is 5.32 Å². The normalized spacial score (nSPS) is 20.4. The Balaban J connectivity index is 2.97. The molecule has 0 spiro atoms. The van der Waals surface area contributed by atoms with E-state index in [-0.39, 0.29) is 44.9 Å². The van der Waals surface area contributed by atoms with Crippen molar-refractivity contribution in [3.05, 3.63) is 0 Å². The van der Waals surface area contributed by atoms with Crippen LogP contribution in [0.25, 0.3) is 0 Å². The van der Waals surface area contributed by atoms with Gasteiger partial charge in [0.25, 0.3) is 11.8 Å². The topological polar surface area (TPSA) is 158 Å². The van der Waals surface area contributed by atoms with Crippen LogP contribution in [0.3, 0.4) is 0 Å². The van der Waals surface area contributed by atoms with E-state index >= 15 is 0 Å². The molecule has 1 fully saturated rings. The van der Waals surface area contributed by atoms with Crippen LogP contribution in [0.5, 0.6) is 0 Å². The predicted octanol–water partition coefficient (Wildman–Crippen LogP) is 0.150. The smallest absolute Gasteiger partial charge is 0.330 e. The monoisotopic (exact) mass is 356 g/mol. The summed E-state index contributed by atoms with van der Waals surface area (Å²) in [6.07, 6.45) is -0.802. The molecule has 0 saturated carbocycles. The van der Waals surface area contributed by atoms with Crippen molar-refractivity contribution in [3.8, 4) is 0 Å². The van der Waals surface area contributed by atoms with Gasteiger partial charge in [-0.05, 0) is 25.7 Å². The zero-order valence-electron chi connectivity index (χ0n) is 13.7. The summed E-state index contributed by atoms with van der Waals surface area (Å²) in [5.74, 6) is -4.97. The molecule has 25 heavy (non-hydrogen) atoms. The molecule has 1 aliphatic rings. The number of imide groups is 2. The van der Waals surface area contributed by atoms with E-state index in [4.69, 9.17) is 10.2 Å². The van der Waals surface area contributed by atoms with E-state index in [9.17, 15) is 28.8 Å². The maximum Gasteiger partial charge on any atom is 0.330 e. The Hall–Kier alpha value is -2.78. The number of aliphatic carboxylic acids is 2. The molecular weight excluding hydrogens is 336 g/mol. The Morgan fingerprint density at radius 2 is 1.48 bits per heavy atom. The van der Waals surface area contributed by atoms with Gasteiger partial charge in [-0.3, -0.25) is 34.2 Å². The number of hydrogen-bond donors (Lipinski definition) is 3. The summed E-state index contributed by atoms with van der Waals surface area (Å²) in [5, 5.41) is 19.3. The fourth-order valence-corrected chi connectivity index (χ4v) is 2.65. The molecule has 1 unspecified atom stereocenters. The molecule has 1 atom stereocenters. The van der Waals surface area contributed by atoms with Crippen molar-refractivity contribution in [2.24, 2.45) is 5.41 Å². The molecule has 4 amide bonds. The van der Waals surface area contributed by atoms with Gasteiger partial charge in [0.05, 0.1) is 0 Å². The van der Waals surface area contributed by atoms with E-state index in [1.165, 1.54) is 0 Å². The third-order valence-corrected chi connectivity index (χ3v) is 4.05. The minimum Gasteiger partial charge on any atom is -0.481 e. The first-order valence-electron chi connectivity index (χ1n) is 7.73. The number of rotatable bonds is 10. The predicted molar refractivity (Wildman–Crippen MR) is 81.3 cm³/mol. The van der Waals surface area contributed by atoms with Crippen LogP contribution in [-0.4, -0.2) is 57.7 Å². The Bertz CT molecular complexity index is 615. The first-order chi connectivity index (χ1) is 11.6. The quantitative estimate of drug-likeness (QED) is 0.368. The molecule has 0 aromatic rings. The Labute approximate surface area is 143 Å². The molecule has 10 nitrogen and oxygen atoms in total. The van der Waals surface area contributed by atoms with Crippen LogP contribution in [0, 0.1) is 5.41 Å². The highest BCUT2D eigenvalue weighted by atomic mass is 16.4. The SMILES string of the molecule is CN1C(=O)NC(=O)C(CCCC(=O)O)(C(=O)CCCCC(=O)O)C1=O. The second-order valence-electron chi connectivity index (χ2n) is 5.80. The molecule has 1 saturated heterocycles. The number of urea groups is 1. The Kier molecular flexibility index (Phi) is 6.77. The maximum absolute atomic E-state index is 12.6. The molecule has 0 bridgehead atoms. The summed E-state index contributed by atoms with van der Waals surface area (Å²) in [6.45, 7) is 0. The number of unbranched alkanes of at least 4 members (excludes halogenated alkanes) is 1. The van der Waals surface area contributed by atoms with Crippen LogP contribution in [0.2, 0.25) is 0 Å². The molecule has 0 aromatic carbocycles. The maximum atomic E-state index is 12.6. The molecule has 1 rings (SSSR count). The minimum atomic E-state index is -2.15. The number of carboxylic acid groups (broad SMARTS) is 2. The summed E-state index contributed by atoms with van der Waals surface area (Å²) in [4.78, 5) is 70.7. The summed E-state index contributed by atoms with van der Waals surface area (Å²) in [5.41, 5.74) is -2.15. The summed E-state index contributed by atoms with van der Waals surface area (Å²) < 4.78 is 0. The number of amides is 4. The molecule has 0 aliphatic carbocycles. The van der Waals surface area contributed by atoms with Gasteiger partial charge in [-0.1, -0.05) is 0 Å². The molecule has 1 heterocycles. The van der Waals surface area contributed by atoms with Crippen molar-refractivity contribution in [2.45, 2.75) is 44.9 Å². The van der Waals surface area contributed by atoms with Gasteiger partial charge in [-0.15, -0.1) is 0 Å². The Morgan fingerprint density at radius 1 is 0.960 bits per heavy atom. The molecule has 0 aromatic heterocycles.